The molecule has 32 heavy (non-hydrogen) atoms. The molecule has 2 amide bonds. The lowest BCUT2D eigenvalue weighted by atomic mass is 9.93. The third kappa shape index (κ3) is 5.70. The van der Waals surface area contributed by atoms with Crippen molar-refractivity contribution < 1.29 is 9.59 Å². The van der Waals surface area contributed by atoms with Gasteiger partial charge in [0, 0.05) is 24.6 Å². The van der Waals surface area contributed by atoms with Gasteiger partial charge in [-0.25, -0.2) is 0 Å². The van der Waals surface area contributed by atoms with E-state index in [1.165, 1.54) is 4.90 Å². The molecule has 2 N–H and O–H groups in total. The summed E-state index contributed by atoms with van der Waals surface area (Å²) in [5.41, 5.74) is 3.55. The first kappa shape index (κ1) is 22.9. The first-order valence-corrected chi connectivity index (χ1v) is 10.8. The number of carbonyl (C=O) groups is 2. The van der Waals surface area contributed by atoms with E-state index in [1.807, 2.05) is 84.9 Å². The summed E-state index contributed by atoms with van der Waals surface area (Å²) in [6.45, 7) is 1.97. The summed E-state index contributed by atoms with van der Waals surface area (Å²) in [7, 11) is 1.67. The Morgan fingerprint density at radius 1 is 0.906 bits per heavy atom. The summed E-state index contributed by atoms with van der Waals surface area (Å²) < 4.78 is 0. The lowest BCUT2D eigenvalue weighted by Crippen LogP contribution is -2.39. The second kappa shape index (κ2) is 11.0. The van der Waals surface area contributed by atoms with Crippen molar-refractivity contribution >= 4 is 23.2 Å². The highest BCUT2D eigenvalue weighted by molar-refractivity contribution is 6.15. The highest BCUT2D eigenvalue weighted by Crippen LogP contribution is 2.24. The Labute approximate surface area is 189 Å². The minimum atomic E-state index is -0.237. The third-order valence-corrected chi connectivity index (χ3v) is 5.60. The van der Waals surface area contributed by atoms with E-state index >= 15 is 0 Å². The van der Waals surface area contributed by atoms with E-state index in [0.29, 0.717) is 23.4 Å². The minimum absolute atomic E-state index is 0.0897. The van der Waals surface area contributed by atoms with Gasteiger partial charge in [-0.1, -0.05) is 85.8 Å². The van der Waals surface area contributed by atoms with Crippen molar-refractivity contribution in [3.8, 4) is 0 Å². The van der Waals surface area contributed by atoms with Crippen molar-refractivity contribution in [2.45, 2.75) is 25.7 Å². The molecule has 1 atom stereocenters. The molecule has 0 heterocycles. The molecule has 0 aliphatic carbocycles. The molecule has 5 heteroatoms. The summed E-state index contributed by atoms with van der Waals surface area (Å²) >= 11 is 0. The number of para-hydroxylation sites is 1. The molecule has 0 saturated heterocycles. The summed E-state index contributed by atoms with van der Waals surface area (Å²) in [4.78, 5) is 26.8. The Hall–Kier alpha value is -3.73. The van der Waals surface area contributed by atoms with Gasteiger partial charge in [0.25, 0.3) is 0 Å². The first-order valence-electron chi connectivity index (χ1n) is 10.8. The third-order valence-electron chi connectivity index (χ3n) is 5.60. The van der Waals surface area contributed by atoms with Gasteiger partial charge in [-0.2, -0.15) is 0 Å². The van der Waals surface area contributed by atoms with E-state index in [-0.39, 0.29) is 24.3 Å². The van der Waals surface area contributed by atoms with Crippen molar-refractivity contribution in [2.75, 3.05) is 18.5 Å². The predicted molar refractivity (Wildman–Crippen MR) is 129 cm³/mol. The molecule has 0 saturated carbocycles. The fourth-order valence-electron chi connectivity index (χ4n) is 3.68. The molecule has 164 valence electrons. The largest absolute Gasteiger partial charge is 0.347 e. The summed E-state index contributed by atoms with van der Waals surface area (Å²) in [6.07, 6.45) is 1.19. The molecule has 3 rings (SSSR count). The number of nitrogens with zero attached hydrogens (tertiary/aromatic N) is 1. The van der Waals surface area contributed by atoms with E-state index in [4.69, 9.17) is 5.41 Å². The highest BCUT2D eigenvalue weighted by Gasteiger charge is 2.19. The van der Waals surface area contributed by atoms with Crippen molar-refractivity contribution in [1.82, 2.24) is 5.32 Å². The SMILES string of the molecule is CCC(CC(=O)NCC(=O)N(C)c1ccccc1C(=N)c1ccccc1)c1ccccc1. The molecule has 0 bridgehead atoms. The summed E-state index contributed by atoms with van der Waals surface area (Å²) in [5, 5.41) is 11.4. The number of amides is 2. The molecule has 3 aromatic rings. The number of hydrogen-bond acceptors (Lipinski definition) is 3. The Bertz CT molecular complexity index is 1060. The maximum absolute atomic E-state index is 12.8. The Balaban J connectivity index is 1.64. The van der Waals surface area contributed by atoms with Gasteiger partial charge in [-0.15, -0.1) is 0 Å². The number of rotatable bonds is 9. The zero-order valence-electron chi connectivity index (χ0n) is 18.5. The van der Waals surface area contributed by atoms with Crippen LogP contribution in [-0.2, 0) is 9.59 Å². The number of anilines is 1. The van der Waals surface area contributed by atoms with Crippen LogP contribution in [0.25, 0.3) is 0 Å². The molecular formula is C27H29N3O2. The van der Waals surface area contributed by atoms with Crippen LogP contribution in [0.15, 0.2) is 84.9 Å². The van der Waals surface area contributed by atoms with Gasteiger partial charge in [0.05, 0.1) is 17.9 Å². The highest BCUT2D eigenvalue weighted by atomic mass is 16.2. The van der Waals surface area contributed by atoms with Gasteiger partial charge in [0.2, 0.25) is 11.8 Å². The second-order valence-corrected chi connectivity index (χ2v) is 7.71. The molecule has 0 radical (unpaired) electrons. The van der Waals surface area contributed by atoms with Crippen molar-refractivity contribution in [3.63, 3.8) is 0 Å². The predicted octanol–water partition coefficient (Wildman–Crippen LogP) is 4.77. The van der Waals surface area contributed by atoms with Crippen molar-refractivity contribution in [2.24, 2.45) is 0 Å². The quantitative estimate of drug-likeness (QED) is 0.483. The average molecular weight is 428 g/mol. The maximum atomic E-state index is 12.8. The van der Waals surface area contributed by atoms with E-state index in [1.54, 1.807) is 7.05 Å². The van der Waals surface area contributed by atoms with E-state index in [2.05, 4.69) is 12.2 Å². The molecule has 0 aromatic heterocycles. The molecule has 5 nitrogen and oxygen atoms in total. The molecule has 0 aliphatic heterocycles. The molecular weight excluding hydrogens is 398 g/mol. The average Bonchev–Trinajstić information content (AvgIpc) is 2.86. The van der Waals surface area contributed by atoms with Gasteiger partial charge in [0.1, 0.15) is 0 Å². The maximum Gasteiger partial charge on any atom is 0.246 e. The number of carbonyl (C=O) groups excluding carboxylic acids is 2. The number of likely N-dealkylation sites (N-methyl/N-ethyl adjacent to an activating group) is 1. The van der Waals surface area contributed by atoms with Crippen LogP contribution < -0.4 is 10.2 Å². The number of benzene rings is 3. The lowest BCUT2D eigenvalue weighted by molar-refractivity contribution is -0.125. The molecule has 1 unspecified atom stereocenters. The Morgan fingerprint density at radius 3 is 2.16 bits per heavy atom. The molecule has 0 aliphatic rings. The fourth-order valence-corrected chi connectivity index (χ4v) is 3.68. The van der Waals surface area contributed by atoms with Crippen LogP contribution in [0.1, 0.15) is 42.4 Å². The van der Waals surface area contributed by atoms with Gasteiger partial charge in [-0.3, -0.25) is 15.0 Å². The fraction of sp³-hybridized carbons (Fsp3) is 0.222. The van der Waals surface area contributed by atoms with Crippen LogP contribution >= 0.6 is 0 Å². The van der Waals surface area contributed by atoms with Gasteiger partial charge in [-0.05, 0) is 24.0 Å². The Morgan fingerprint density at radius 2 is 1.50 bits per heavy atom. The number of nitrogens with one attached hydrogen (secondary N) is 2. The topological polar surface area (TPSA) is 73.3 Å². The van der Waals surface area contributed by atoms with Crippen molar-refractivity contribution in [3.05, 3.63) is 102 Å². The van der Waals surface area contributed by atoms with Crippen LogP contribution in [0.3, 0.4) is 0 Å². The molecule has 0 spiro atoms. The van der Waals surface area contributed by atoms with Crippen LogP contribution in [0.4, 0.5) is 5.69 Å². The zero-order chi connectivity index (χ0) is 22.9. The van der Waals surface area contributed by atoms with Crippen LogP contribution in [0.2, 0.25) is 0 Å². The van der Waals surface area contributed by atoms with Crippen LogP contribution in [0, 0.1) is 5.41 Å². The smallest absolute Gasteiger partial charge is 0.246 e. The van der Waals surface area contributed by atoms with E-state index in [0.717, 1.165) is 17.5 Å². The Kier molecular flexibility index (Phi) is 7.92. The van der Waals surface area contributed by atoms with E-state index in [9.17, 15) is 9.59 Å². The van der Waals surface area contributed by atoms with Gasteiger partial charge >= 0.3 is 0 Å². The number of hydrogen-bond donors (Lipinski definition) is 2. The summed E-state index contributed by atoms with van der Waals surface area (Å²) in [6, 6.07) is 26.7. The van der Waals surface area contributed by atoms with Crippen LogP contribution in [-0.4, -0.2) is 31.1 Å². The normalized spacial score (nSPS) is 11.4. The first-order chi connectivity index (χ1) is 15.5. The standard InChI is InChI=1S/C27H29N3O2/c1-3-20(21-12-6-4-7-13-21)18-25(31)29-19-26(32)30(2)24-17-11-10-16-23(24)27(28)22-14-8-5-9-15-22/h4-17,20,28H,3,18-19H2,1-2H3,(H,29,31). The van der Waals surface area contributed by atoms with Gasteiger partial charge in [0.15, 0.2) is 0 Å². The lowest BCUT2D eigenvalue weighted by Gasteiger charge is -2.22. The summed E-state index contributed by atoms with van der Waals surface area (Å²) in [5.74, 6) is -0.261. The molecule has 0 fully saturated rings. The van der Waals surface area contributed by atoms with Crippen LogP contribution in [0.5, 0.6) is 0 Å². The van der Waals surface area contributed by atoms with E-state index < -0.39 is 0 Å². The zero-order valence-corrected chi connectivity index (χ0v) is 18.5. The van der Waals surface area contributed by atoms with Crippen molar-refractivity contribution in [1.29, 1.82) is 5.41 Å². The van der Waals surface area contributed by atoms with Gasteiger partial charge < -0.3 is 10.2 Å². The molecule has 3 aromatic carbocycles. The minimum Gasteiger partial charge on any atom is -0.347 e. The second-order valence-electron chi connectivity index (χ2n) is 7.71. The monoisotopic (exact) mass is 427 g/mol.